The first-order valence-electron chi connectivity index (χ1n) is 9.95. The monoisotopic (exact) mass is 442 g/mol. The second kappa shape index (κ2) is 8.61. The van der Waals surface area contributed by atoms with E-state index in [-0.39, 0.29) is 18.1 Å². The molecule has 1 unspecified atom stereocenters. The van der Waals surface area contributed by atoms with Gasteiger partial charge in [-0.25, -0.2) is 0 Å². The number of ether oxygens (including phenoxy) is 2. The second-order valence-corrected chi connectivity index (χ2v) is 8.21. The highest BCUT2D eigenvalue weighted by molar-refractivity contribution is 6.46. The van der Waals surface area contributed by atoms with E-state index in [0.29, 0.717) is 40.6 Å². The standard InChI is InChI=1S/C23H23ClN2O5/c1-25(2)9-4-10-26-20(14-5-3-6-16(24)11-14)19(22(28)23(26)29)21(27)15-7-8-17-18(12-15)31-13-30-17/h3,5-8,11-12,20,27H,4,9-10,13H2,1-2H3/b21-19+. The minimum atomic E-state index is -0.730. The Bertz CT molecular complexity index is 1070. The molecule has 7 nitrogen and oxygen atoms in total. The number of Topliss-reactive ketones (excluding diaryl/α,β-unsaturated/α-hetero) is 1. The second-order valence-electron chi connectivity index (χ2n) is 7.77. The van der Waals surface area contributed by atoms with Gasteiger partial charge in [-0.1, -0.05) is 23.7 Å². The van der Waals surface area contributed by atoms with E-state index in [1.165, 1.54) is 4.90 Å². The molecule has 2 heterocycles. The van der Waals surface area contributed by atoms with Gasteiger partial charge < -0.3 is 24.4 Å². The van der Waals surface area contributed by atoms with Gasteiger partial charge in [0.1, 0.15) is 5.76 Å². The third-order valence-corrected chi connectivity index (χ3v) is 5.59. The van der Waals surface area contributed by atoms with Gasteiger partial charge in [-0.3, -0.25) is 9.59 Å². The molecule has 0 aromatic heterocycles. The fourth-order valence-corrected chi connectivity index (χ4v) is 4.09. The van der Waals surface area contributed by atoms with Gasteiger partial charge >= 0.3 is 0 Å². The molecule has 1 saturated heterocycles. The molecule has 0 radical (unpaired) electrons. The number of halogens is 1. The highest BCUT2D eigenvalue weighted by atomic mass is 35.5. The van der Waals surface area contributed by atoms with E-state index >= 15 is 0 Å². The molecule has 1 atom stereocenters. The van der Waals surface area contributed by atoms with Crippen LogP contribution in [0.2, 0.25) is 5.02 Å². The summed E-state index contributed by atoms with van der Waals surface area (Å²) >= 11 is 6.19. The van der Waals surface area contributed by atoms with Crippen molar-refractivity contribution in [1.82, 2.24) is 9.80 Å². The van der Waals surface area contributed by atoms with Gasteiger partial charge in [0, 0.05) is 17.1 Å². The number of aliphatic hydroxyl groups excluding tert-OH is 1. The van der Waals surface area contributed by atoms with Crippen LogP contribution in [-0.2, 0) is 9.59 Å². The van der Waals surface area contributed by atoms with Crippen LogP contribution in [0.5, 0.6) is 11.5 Å². The lowest BCUT2D eigenvalue weighted by molar-refractivity contribution is -0.139. The predicted octanol–water partition coefficient (Wildman–Crippen LogP) is 3.44. The Hall–Kier alpha value is -3.03. The molecule has 4 rings (SSSR count). The van der Waals surface area contributed by atoms with Crippen LogP contribution >= 0.6 is 11.6 Å². The van der Waals surface area contributed by atoms with Crippen molar-refractivity contribution in [3.8, 4) is 11.5 Å². The Balaban J connectivity index is 1.79. The van der Waals surface area contributed by atoms with Crippen molar-refractivity contribution >= 4 is 29.1 Å². The zero-order valence-electron chi connectivity index (χ0n) is 17.3. The molecule has 1 N–H and O–H groups in total. The number of rotatable bonds is 6. The van der Waals surface area contributed by atoms with Crippen LogP contribution in [-0.4, -0.2) is 60.6 Å². The number of nitrogens with zero attached hydrogens (tertiary/aromatic N) is 2. The average Bonchev–Trinajstić information content (AvgIpc) is 3.30. The number of fused-ring (bicyclic) bond motifs is 1. The zero-order valence-corrected chi connectivity index (χ0v) is 18.1. The lowest BCUT2D eigenvalue weighted by Crippen LogP contribution is -2.32. The maximum absolute atomic E-state index is 13.0. The Kier molecular flexibility index (Phi) is 5.89. The van der Waals surface area contributed by atoms with Crippen molar-refractivity contribution in [3.63, 3.8) is 0 Å². The molecule has 162 valence electrons. The number of ketones is 1. The summed E-state index contributed by atoms with van der Waals surface area (Å²) < 4.78 is 10.7. The van der Waals surface area contributed by atoms with Gasteiger partial charge in [-0.15, -0.1) is 0 Å². The van der Waals surface area contributed by atoms with Crippen molar-refractivity contribution in [2.24, 2.45) is 0 Å². The van der Waals surface area contributed by atoms with Gasteiger partial charge in [-0.2, -0.15) is 0 Å². The minimum absolute atomic E-state index is 0.0379. The van der Waals surface area contributed by atoms with E-state index in [2.05, 4.69) is 0 Å². The molecule has 1 amide bonds. The molecular weight excluding hydrogens is 420 g/mol. The van der Waals surface area contributed by atoms with Crippen LogP contribution in [0.25, 0.3) is 5.76 Å². The van der Waals surface area contributed by atoms with E-state index in [4.69, 9.17) is 21.1 Å². The molecule has 0 bridgehead atoms. The maximum Gasteiger partial charge on any atom is 0.295 e. The number of hydrogen-bond donors (Lipinski definition) is 1. The summed E-state index contributed by atoms with van der Waals surface area (Å²) in [6.45, 7) is 1.23. The molecule has 2 aliphatic heterocycles. The summed E-state index contributed by atoms with van der Waals surface area (Å²) in [5.41, 5.74) is 1.08. The van der Waals surface area contributed by atoms with Gasteiger partial charge in [0.15, 0.2) is 11.5 Å². The fourth-order valence-electron chi connectivity index (χ4n) is 3.89. The quantitative estimate of drug-likeness (QED) is 0.419. The first kappa shape index (κ1) is 21.2. The van der Waals surface area contributed by atoms with Crippen molar-refractivity contribution < 1.29 is 24.2 Å². The zero-order chi connectivity index (χ0) is 22.1. The third kappa shape index (κ3) is 4.11. The topological polar surface area (TPSA) is 79.3 Å². The van der Waals surface area contributed by atoms with E-state index in [0.717, 1.165) is 6.54 Å². The molecule has 2 aromatic rings. The molecule has 2 aromatic carbocycles. The van der Waals surface area contributed by atoms with Gasteiger partial charge in [0.05, 0.1) is 11.6 Å². The first-order chi connectivity index (χ1) is 14.9. The molecule has 31 heavy (non-hydrogen) atoms. The molecule has 2 aliphatic rings. The predicted molar refractivity (Wildman–Crippen MR) is 116 cm³/mol. The number of carbonyl (C=O) groups excluding carboxylic acids is 2. The highest BCUT2D eigenvalue weighted by Crippen LogP contribution is 2.41. The number of aliphatic hydroxyl groups is 1. The van der Waals surface area contributed by atoms with Crippen LogP contribution in [0, 0.1) is 0 Å². The molecule has 0 saturated carbocycles. The summed E-state index contributed by atoms with van der Waals surface area (Å²) in [7, 11) is 3.89. The van der Waals surface area contributed by atoms with Crippen molar-refractivity contribution in [2.75, 3.05) is 34.0 Å². The molecule has 0 spiro atoms. The lowest BCUT2D eigenvalue weighted by Gasteiger charge is -2.26. The highest BCUT2D eigenvalue weighted by Gasteiger charge is 2.45. The van der Waals surface area contributed by atoms with E-state index in [9.17, 15) is 14.7 Å². The first-order valence-corrected chi connectivity index (χ1v) is 10.3. The van der Waals surface area contributed by atoms with Gasteiger partial charge in [0.25, 0.3) is 11.7 Å². The van der Waals surface area contributed by atoms with E-state index < -0.39 is 17.7 Å². The number of benzene rings is 2. The number of amides is 1. The van der Waals surface area contributed by atoms with Crippen LogP contribution < -0.4 is 9.47 Å². The molecule has 1 fully saturated rings. The number of hydrogen-bond acceptors (Lipinski definition) is 6. The van der Waals surface area contributed by atoms with Crippen LogP contribution in [0.4, 0.5) is 0 Å². The normalized spacial score (nSPS) is 19.5. The summed E-state index contributed by atoms with van der Waals surface area (Å²) in [6.07, 6.45) is 0.682. The van der Waals surface area contributed by atoms with Crippen LogP contribution in [0.3, 0.4) is 0 Å². The molecule has 8 heteroatoms. The van der Waals surface area contributed by atoms with Crippen molar-refractivity contribution in [2.45, 2.75) is 12.5 Å². The summed E-state index contributed by atoms with van der Waals surface area (Å²) in [5.74, 6) is -0.566. The lowest BCUT2D eigenvalue weighted by atomic mass is 9.95. The Labute approximate surface area is 185 Å². The Morgan fingerprint density at radius 2 is 1.94 bits per heavy atom. The maximum atomic E-state index is 13.0. The van der Waals surface area contributed by atoms with Crippen molar-refractivity contribution in [1.29, 1.82) is 0 Å². The summed E-state index contributed by atoms with van der Waals surface area (Å²) in [5, 5.41) is 11.6. The Morgan fingerprint density at radius 1 is 1.16 bits per heavy atom. The van der Waals surface area contributed by atoms with Gasteiger partial charge in [-0.05, 0) is 63.0 Å². The number of likely N-dealkylation sites (tertiary alicyclic amines) is 1. The fraction of sp³-hybridized carbons (Fsp3) is 0.304. The molecule has 0 aliphatic carbocycles. The number of carbonyl (C=O) groups is 2. The van der Waals surface area contributed by atoms with Gasteiger partial charge in [0.2, 0.25) is 6.79 Å². The smallest absolute Gasteiger partial charge is 0.295 e. The van der Waals surface area contributed by atoms with Crippen molar-refractivity contribution in [3.05, 3.63) is 64.2 Å². The molecular formula is C23H23ClN2O5. The van der Waals surface area contributed by atoms with Crippen LogP contribution in [0.15, 0.2) is 48.0 Å². The largest absolute Gasteiger partial charge is 0.507 e. The van der Waals surface area contributed by atoms with E-state index in [1.807, 2.05) is 19.0 Å². The summed E-state index contributed by atoms with van der Waals surface area (Å²) in [6, 6.07) is 11.2. The van der Waals surface area contributed by atoms with Crippen LogP contribution in [0.1, 0.15) is 23.6 Å². The SMILES string of the molecule is CN(C)CCCN1C(=O)C(=O)/C(=C(/O)c2ccc3c(c2)OCO3)C1c1cccc(Cl)c1. The minimum Gasteiger partial charge on any atom is -0.507 e. The Morgan fingerprint density at radius 3 is 2.68 bits per heavy atom. The summed E-state index contributed by atoms with van der Waals surface area (Å²) in [4.78, 5) is 29.5. The van der Waals surface area contributed by atoms with E-state index in [1.54, 1.807) is 42.5 Å². The third-order valence-electron chi connectivity index (χ3n) is 5.35. The average molecular weight is 443 g/mol.